The second kappa shape index (κ2) is 5.80. The van der Waals surface area contributed by atoms with Gasteiger partial charge in [0.15, 0.2) is 5.82 Å². The van der Waals surface area contributed by atoms with Gasteiger partial charge in [-0.1, -0.05) is 24.3 Å². The number of hydrogen-bond acceptors (Lipinski definition) is 4. The second-order valence-electron chi connectivity index (χ2n) is 6.62. The number of rotatable bonds is 2. The largest absolute Gasteiger partial charge is 0.354 e. The van der Waals surface area contributed by atoms with Crippen LogP contribution in [0.15, 0.2) is 24.3 Å². The van der Waals surface area contributed by atoms with Crippen molar-refractivity contribution in [1.82, 2.24) is 15.1 Å². The molecular formula is C18H22N4O. The summed E-state index contributed by atoms with van der Waals surface area (Å²) in [5, 5.41) is 11.0. The zero-order valence-corrected chi connectivity index (χ0v) is 13.5. The molecule has 2 saturated heterocycles. The van der Waals surface area contributed by atoms with E-state index in [1.807, 2.05) is 24.0 Å². The number of carbonyl (C=O) groups excluding carboxylic acids is 1. The molecule has 1 amide bonds. The Morgan fingerprint density at radius 2 is 1.83 bits per heavy atom. The quantitative estimate of drug-likeness (QED) is 0.854. The van der Waals surface area contributed by atoms with Crippen LogP contribution >= 0.6 is 0 Å². The van der Waals surface area contributed by atoms with Crippen LogP contribution in [0.5, 0.6) is 0 Å². The van der Waals surface area contributed by atoms with E-state index in [1.54, 1.807) is 0 Å². The highest BCUT2D eigenvalue weighted by molar-refractivity contribution is 5.93. The minimum atomic E-state index is 0.106. The molecule has 1 atom stereocenters. The summed E-state index contributed by atoms with van der Waals surface area (Å²) in [6.45, 7) is 5.50. The van der Waals surface area contributed by atoms with Gasteiger partial charge in [-0.25, -0.2) is 0 Å². The summed E-state index contributed by atoms with van der Waals surface area (Å²) in [4.78, 5) is 16.9. The summed E-state index contributed by atoms with van der Waals surface area (Å²) in [6, 6.07) is 8.26. The van der Waals surface area contributed by atoms with Gasteiger partial charge in [-0.05, 0) is 26.2 Å². The fourth-order valence-electron chi connectivity index (χ4n) is 3.81. The molecule has 2 fully saturated rings. The van der Waals surface area contributed by atoms with Crippen molar-refractivity contribution in [1.29, 1.82) is 0 Å². The van der Waals surface area contributed by atoms with Crippen LogP contribution in [0.2, 0.25) is 0 Å². The lowest BCUT2D eigenvalue weighted by atomic mass is 10.1. The molecule has 1 unspecified atom stereocenters. The van der Waals surface area contributed by atoms with E-state index in [9.17, 15) is 4.79 Å². The number of anilines is 1. The molecule has 4 rings (SSSR count). The van der Waals surface area contributed by atoms with Crippen LogP contribution in [0.3, 0.4) is 0 Å². The third-order valence-corrected chi connectivity index (χ3v) is 5.11. The van der Waals surface area contributed by atoms with Crippen molar-refractivity contribution in [2.75, 3.05) is 31.1 Å². The van der Waals surface area contributed by atoms with Gasteiger partial charge in [0.25, 0.3) is 0 Å². The number of aryl methyl sites for hydroxylation is 1. The molecule has 2 aliphatic heterocycles. The number of benzene rings is 1. The van der Waals surface area contributed by atoms with E-state index in [4.69, 9.17) is 0 Å². The Morgan fingerprint density at radius 1 is 1.09 bits per heavy atom. The fourth-order valence-corrected chi connectivity index (χ4v) is 3.81. The number of amides is 1. The van der Waals surface area contributed by atoms with Gasteiger partial charge in [0, 0.05) is 37.0 Å². The maximum absolute atomic E-state index is 12.6. The number of nitrogens with zero attached hydrogens (tertiary/aromatic N) is 4. The average Bonchev–Trinajstić information content (AvgIpc) is 3.27. The monoisotopic (exact) mass is 310 g/mol. The molecule has 2 aromatic rings. The first kappa shape index (κ1) is 14.4. The van der Waals surface area contributed by atoms with Gasteiger partial charge in [0.1, 0.15) is 0 Å². The molecule has 120 valence electrons. The maximum Gasteiger partial charge on any atom is 0.227 e. The Morgan fingerprint density at radius 3 is 2.61 bits per heavy atom. The molecule has 23 heavy (non-hydrogen) atoms. The molecule has 1 aromatic carbocycles. The number of carbonyl (C=O) groups is 1. The van der Waals surface area contributed by atoms with E-state index in [2.05, 4.69) is 27.2 Å². The summed E-state index contributed by atoms with van der Waals surface area (Å²) < 4.78 is 0. The lowest BCUT2D eigenvalue weighted by molar-refractivity contribution is -0.133. The zero-order valence-electron chi connectivity index (χ0n) is 13.5. The van der Waals surface area contributed by atoms with E-state index >= 15 is 0 Å². The van der Waals surface area contributed by atoms with Gasteiger partial charge in [-0.2, -0.15) is 5.10 Å². The van der Waals surface area contributed by atoms with Crippen LogP contribution < -0.4 is 4.90 Å². The Labute approximate surface area is 136 Å². The number of likely N-dealkylation sites (tertiary alicyclic amines) is 1. The molecule has 0 aliphatic carbocycles. The smallest absolute Gasteiger partial charge is 0.227 e. The van der Waals surface area contributed by atoms with Crippen molar-refractivity contribution in [3.8, 4) is 0 Å². The minimum absolute atomic E-state index is 0.106. The standard InChI is InChI=1S/C18H22N4O/c1-13-15-6-2-3-7-16(15)17(20-19-13)22-11-8-14(12-22)18(23)21-9-4-5-10-21/h2-3,6-7,14H,4-5,8-12H2,1H3. The summed E-state index contributed by atoms with van der Waals surface area (Å²) in [6.07, 6.45) is 3.21. The predicted octanol–water partition coefficient (Wildman–Crippen LogP) is 2.39. The molecule has 0 radical (unpaired) electrons. The van der Waals surface area contributed by atoms with Crippen molar-refractivity contribution in [2.45, 2.75) is 26.2 Å². The lowest BCUT2D eigenvalue weighted by Crippen LogP contribution is -2.35. The van der Waals surface area contributed by atoms with Crippen LogP contribution in [0, 0.1) is 12.8 Å². The summed E-state index contributed by atoms with van der Waals surface area (Å²) in [7, 11) is 0. The van der Waals surface area contributed by atoms with Gasteiger partial charge in [-0.15, -0.1) is 5.10 Å². The SMILES string of the molecule is Cc1nnc(N2CCC(C(=O)N3CCCC3)C2)c2ccccc12. The lowest BCUT2D eigenvalue weighted by Gasteiger charge is -2.21. The maximum atomic E-state index is 12.6. The molecule has 3 heterocycles. The topological polar surface area (TPSA) is 49.3 Å². The number of hydrogen-bond donors (Lipinski definition) is 0. The van der Waals surface area contributed by atoms with E-state index in [-0.39, 0.29) is 5.92 Å². The Balaban J connectivity index is 1.58. The first-order valence-electron chi connectivity index (χ1n) is 8.50. The van der Waals surface area contributed by atoms with Crippen LogP contribution in [-0.2, 0) is 4.79 Å². The van der Waals surface area contributed by atoms with E-state index < -0.39 is 0 Å². The van der Waals surface area contributed by atoms with Crippen molar-refractivity contribution in [3.05, 3.63) is 30.0 Å². The first-order chi connectivity index (χ1) is 11.2. The normalized spacial score (nSPS) is 21.3. The van der Waals surface area contributed by atoms with E-state index in [1.165, 1.54) is 0 Å². The predicted molar refractivity (Wildman–Crippen MR) is 90.4 cm³/mol. The summed E-state index contributed by atoms with van der Waals surface area (Å²) >= 11 is 0. The zero-order chi connectivity index (χ0) is 15.8. The highest BCUT2D eigenvalue weighted by Crippen LogP contribution is 2.30. The van der Waals surface area contributed by atoms with Gasteiger partial charge in [0.2, 0.25) is 5.91 Å². The molecular weight excluding hydrogens is 288 g/mol. The molecule has 0 N–H and O–H groups in total. The van der Waals surface area contributed by atoms with Crippen molar-refractivity contribution in [2.24, 2.45) is 5.92 Å². The molecule has 2 aliphatic rings. The molecule has 0 saturated carbocycles. The highest BCUT2D eigenvalue weighted by atomic mass is 16.2. The van der Waals surface area contributed by atoms with Crippen LogP contribution in [0.25, 0.3) is 10.8 Å². The molecule has 1 aromatic heterocycles. The highest BCUT2D eigenvalue weighted by Gasteiger charge is 2.33. The molecule has 0 bridgehead atoms. The summed E-state index contributed by atoms with van der Waals surface area (Å²) in [5.74, 6) is 1.35. The van der Waals surface area contributed by atoms with Crippen LogP contribution in [0.4, 0.5) is 5.82 Å². The Bertz CT molecular complexity index is 739. The van der Waals surface area contributed by atoms with E-state index in [0.29, 0.717) is 5.91 Å². The summed E-state index contributed by atoms with van der Waals surface area (Å²) in [5.41, 5.74) is 0.952. The van der Waals surface area contributed by atoms with Crippen molar-refractivity contribution < 1.29 is 4.79 Å². The van der Waals surface area contributed by atoms with Gasteiger partial charge in [-0.3, -0.25) is 4.79 Å². The Kier molecular flexibility index (Phi) is 3.63. The van der Waals surface area contributed by atoms with Gasteiger partial charge >= 0.3 is 0 Å². The minimum Gasteiger partial charge on any atom is -0.354 e. The molecule has 5 heteroatoms. The van der Waals surface area contributed by atoms with Crippen LogP contribution in [-0.4, -0.2) is 47.2 Å². The Hall–Kier alpha value is -2.17. The van der Waals surface area contributed by atoms with E-state index in [0.717, 1.165) is 67.7 Å². The van der Waals surface area contributed by atoms with Gasteiger partial charge in [0.05, 0.1) is 11.6 Å². The van der Waals surface area contributed by atoms with Crippen LogP contribution in [0.1, 0.15) is 25.0 Å². The third kappa shape index (κ3) is 2.54. The van der Waals surface area contributed by atoms with Gasteiger partial charge < -0.3 is 9.80 Å². The molecule has 0 spiro atoms. The third-order valence-electron chi connectivity index (χ3n) is 5.11. The average molecular weight is 310 g/mol. The number of aromatic nitrogens is 2. The first-order valence-corrected chi connectivity index (χ1v) is 8.50. The fraction of sp³-hybridized carbons (Fsp3) is 0.500. The van der Waals surface area contributed by atoms with Crippen molar-refractivity contribution >= 4 is 22.5 Å². The molecule has 5 nitrogen and oxygen atoms in total. The number of fused-ring (bicyclic) bond motifs is 1. The van der Waals surface area contributed by atoms with Crippen molar-refractivity contribution in [3.63, 3.8) is 0 Å². The second-order valence-corrected chi connectivity index (χ2v) is 6.62.